The van der Waals surface area contributed by atoms with Gasteiger partial charge in [0.25, 0.3) is 0 Å². The number of carboxylic acids is 1. The lowest BCUT2D eigenvalue weighted by Gasteiger charge is -2.38. The van der Waals surface area contributed by atoms with Crippen molar-refractivity contribution < 1.29 is 24.5 Å². The molecule has 0 spiro atoms. The third kappa shape index (κ3) is 2.73. The molecule has 2 atom stereocenters. The van der Waals surface area contributed by atoms with Gasteiger partial charge >= 0.3 is 12.0 Å². The Balaban J connectivity index is 2.00. The first kappa shape index (κ1) is 15.1. The molecule has 114 valence electrons. The number of carbonyl (C=O) groups is 2. The number of hydrogen-bond acceptors (Lipinski definition) is 4. The Kier molecular flexibility index (Phi) is 4.49. The quantitative estimate of drug-likeness (QED) is 0.662. The van der Waals surface area contributed by atoms with Gasteiger partial charge in [0, 0.05) is 12.6 Å². The third-order valence-electron chi connectivity index (χ3n) is 4.36. The summed E-state index contributed by atoms with van der Waals surface area (Å²) in [5.41, 5.74) is -1.10. The Morgan fingerprint density at radius 1 is 1.45 bits per heavy atom. The lowest BCUT2D eigenvalue weighted by Crippen LogP contribution is -2.56. The van der Waals surface area contributed by atoms with Gasteiger partial charge in [-0.05, 0) is 26.2 Å². The molecule has 0 aromatic rings. The van der Waals surface area contributed by atoms with Crippen LogP contribution in [0.3, 0.4) is 0 Å². The molecule has 20 heavy (non-hydrogen) atoms. The van der Waals surface area contributed by atoms with Crippen LogP contribution < -0.4 is 5.32 Å². The molecular formula is C13H22N2O5. The van der Waals surface area contributed by atoms with Crippen molar-refractivity contribution in [3.05, 3.63) is 0 Å². The lowest BCUT2D eigenvalue weighted by atomic mass is 9.85. The topological polar surface area (TPSA) is 99.1 Å². The number of aliphatic hydroxyl groups is 1. The standard InChI is InChI=1S/C13H22N2O5/c1-13(11(17)18)8-20-7-10(13)14-12(19)15(5-6-16)9-3-2-4-9/h9-10,16H,2-8H2,1H3,(H,14,19)(H,17,18). The summed E-state index contributed by atoms with van der Waals surface area (Å²) in [5.74, 6) is -0.974. The molecule has 3 N–H and O–H groups in total. The molecule has 1 heterocycles. The maximum absolute atomic E-state index is 12.3. The van der Waals surface area contributed by atoms with Crippen LogP contribution in [0.1, 0.15) is 26.2 Å². The zero-order valence-corrected chi connectivity index (χ0v) is 11.7. The number of urea groups is 1. The molecule has 0 bridgehead atoms. The van der Waals surface area contributed by atoms with Gasteiger partial charge in [-0.15, -0.1) is 0 Å². The van der Waals surface area contributed by atoms with Crippen LogP contribution in [-0.2, 0) is 9.53 Å². The van der Waals surface area contributed by atoms with Gasteiger partial charge in [0.1, 0.15) is 5.41 Å². The number of nitrogens with zero attached hydrogens (tertiary/aromatic N) is 1. The fourth-order valence-corrected chi connectivity index (χ4v) is 2.57. The molecule has 2 unspecified atom stereocenters. The minimum absolute atomic E-state index is 0.0940. The first-order valence-corrected chi connectivity index (χ1v) is 6.98. The first-order valence-electron chi connectivity index (χ1n) is 6.98. The molecule has 7 heteroatoms. The predicted molar refractivity (Wildman–Crippen MR) is 70.3 cm³/mol. The van der Waals surface area contributed by atoms with Gasteiger partial charge < -0.3 is 25.2 Å². The number of nitrogens with one attached hydrogen (secondary N) is 1. The van der Waals surface area contributed by atoms with E-state index in [1.54, 1.807) is 11.8 Å². The fraction of sp³-hybridized carbons (Fsp3) is 0.846. The summed E-state index contributed by atoms with van der Waals surface area (Å²) >= 11 is 0. The first-order chi connectivity index (χ1) is 9.49. The molecule has 2 amide bonds. The van der Waals surface area contributed by atoms with Crippen LogP contribution >= 0.6 is 0 Å². The minimum Gasteiger partial charge on any atom is -0.481 e. The van der Waals surface area contributed by atoms with Gasteiger partial charge in [0.15, 0.2) is 0 Å². The number of ether oxygens (including phenoxy) is 1. The maximum Gasteiger partial charge on any atom is 0.318 e. The smallest absolute Gasteiger partial charge is 0.318 e. The second kappa shape index (κ2) is 5.97. The van der Waals surface area contributed by atoms with E-state index in [-0.39, 0.29) is 38.4 Å². The van der Waals surface area contributed by atoms with Crippen LogP contribution in [0.2, 0.25) is 0 Å². The van der Waals surface area contributed by atoms with Crippen LogP contribution in [0, 0.1) is 5.41 Å². The molecular weight excluding hydrogens is 264 g/mol. The summed E-state index contributed by atoms with van der Waals surface area (Å²) in [6, 6.07) is -0.707. The third-order valence-corrected chi connectivity index (χ3v) is 4.36. The molecule has 1 saturated carbocycles. The van der Waals surface area contributed by atoms with E-state index >= 15 is 0 Å². The second-order valence-corrected chi connectivity index (χ2v) is 5.74. The van der Waals surface area contributed by atoms with E-state index in [1.807, 2.05) is 0 Å². The fourth-order valence-electron chi connectivity index (χ4n) is 2.57. The Labute approximate surface area is 117 Å². The number of amides is 2. The zero-order valence-electron chi connectivity index (χ0n) is 11.7. The van der Waals surface area contributed by atoms with Crippen LogP contribution in [-0.4, -0.2) is 65.6 Å². The van der Waals surface area contributed by atoms with E-state index in [4.69, 9.17) is 9.84 Å². The van der Waals surface area contributed by atoms with Crippen molar-refractivity contribution in [1.29, 1.82) is 0 Å². The molecule has 1 saturated heterocycles. The van der Waals surface area contributed by atoms with Crippen molar-refractivity contribution in [3.8, 4) is 0 Å². The summed E-state index contributed by atoms with van der Waals surface area (Å²) in [6.45, 7) is 2.05. The van der Waals surface area contributed by atoms with Gasteiger partial charge in [-0.3, -0.25) is 4.79 Å². The minimum atomic E-state index is -1.10. The largest absolute Gasteiger partial charge is 0.481 e. The van der Waals surface area contributed by atoms with Gasteiger partial charge in [0.2, 0.25) is 0 Å². The molecule has 2 rings (SSSR count). The normalized spacial score (nSPS) is 29.8. The highest BCUT2D eigenvalue weighted by atomic mass is 16.5. The van der Waals surface area contributed by atoms with Gasteiger partial charge in [-0.1, -0.05) is 0 Å². The Bertz CT molecular complexity index is 385. The van der Waals surface area contributed by atoms with Crippen molar-refractivity contribution in [1.82, 2.24) is 10.2 Å². The Hall–Kier alpha value is -1.34. The van der Waals surface area contributed by atoms with Crippen molar-refractivity contribution >= 4 is 12.0 Å². The number of hydrogen-bond donors (Lipinski definition) is 3. The van der Waals surface area contributed by atoms with Crippen molar-refractivity contribution in [2.75, 3.05) is 26.4 Å². The summed E-state index contributed by atoms with van der Waals surface area (Å²) in [5, 5.41) is 21.1. The Morgan fingerprint density at radius 2 is 2.15 bits per heavy atom. The van der Waals surface area contributed by atoms with Crippen molar-refractivity contribution in [3.63, 3.8) is 0 Å². The molecule has 7 nitrogen and oxygen atoms in total. The highest BCUT2D eigenvalue weighted by molar-refractivity contribution is 5.79. The summed E-state index contributed by atoms with van der Waals surface area (Å²) < 4.78 is 5.21. The summed E-state index contributed by atoms with van der Waals surface area (Å²) in [7, 11) is 0. The molecule has 0 aromatic carbocycles. The van der Waals surface area contributed by atoms with E-state index in [1.165, 1.54) is 0 Å². The van der Waals surface area contributed by atoms with Gasteiger partial charge in [-0.2, -0.15) is 0 Å². The monoisotopic (exact) mass is 286 g/mol. The van der Waals surface area contributed by atoms with Crippen LogP contribution in [0.5, 0.6) is 0 Å². The maximum atomic E-state index is 12.3. The molecule has 2 fully saturated rings. The molecule has 1 aliphatic carbocycles. The lowest BCUT2D eigenvalue weighted by molar-refractivity contribution is -0.148. The molecule has 0 aromatic heterocycles. The van der Waals surface area contributed by atoms with Crippen LogP contribution in [0.25, 0.3) is 0 Å². The van der Waals surface area contributed by atoms with Crippen LogP contribution in [0.15, 0.2) is 0 Å². The SMILES string of the molecule is CC1(C(=O)O)COCC1NC(=O)N(CCO)C1CCC1. The number of aliphatic carboxylic acids is 1. The summed E-state index contributed by atoms with van der Waals surface area (Å²) in [4.78, 5) is 25.2. The average Bonchev–Trinajstić information content (AvgIpc) is 2.69. The summed E-state index contributed by atoms with van der Waals surface area (Å²) in [6.07, 6.45) is 2.95. The highest BCUT2D eigenvalue weighted by Gasteiger charge is 2.48. The molecule has 1 aliphatic heterocycles. The van der Waals surface area contributed by atoms with Gasteiger partial charge in [0.05, 0.1) is 25.9 Å². The van der Waals surface area contributed by atoms with Gasteiger partial charge in [-0.25, -0.2) is 4.79 Å². The Morgan fingerprint density at radius 3 is 2.65 bits per heavy atom. The van der Waals surface area contributed by atoms with Crippen molar-refractivity contribution in [2.24, 2.45) is 5.41 Å². The highest BCUT2D eigenvalue weighted by Crippen LogP contribution is 2.30. The average molecular weight is 286 g/mol. The van der Waals surface area contributed by atoms with E-state index in [2.05, 4.69) is 5.32 Å². The number of carboxylic acid groups (broad SMARTS) is 1. The molecule has 0 radical (unpaired) electrons. The second-order valence-electron chi connectivity index (χ2n) is 5.74. The molecule has 2 aliphatic rings. The number of rotatable bonds is 5. The van der Waals surface area contributed by atoms with E-state index in [9.17, 15) is 14.7 Å². The zero-order chi connectivity index (χ0) is 14.8. The van der Waals surface area contributed by atoms with E-state index in [0.29, 0.717) is 0 Å². The van der Waals surface area contributed by atoms with Crippen LogP contribution in [0.4, 0.5) is 4.79 Å². The van der Waals surface area contributed by atoms with Crippen molar-refractivity contribution in [2.45, 2.75) is 38.3 Å². The number of aliphatic hydroxyl groups excluding tert-OH is 1. The van der Waals surface area contributed by atoms with E-state index in [0.717, 1.165) is 19.3 Å². The predicted octanol–water partition coefficient (Wildman–Crippen LogP) is 0.0325. The number of carbonyl (C=O) groups excluding carboxylic acids is 1. The van der Waals surface area contributed by atoms with E-state index < -0.39 is 17.4 Å².